The number of anilines is 1. The van der Waals surface area contributed by atoms with E-state index < -0.39 is 29.8 Å². The molecule has 154 valence electrons. The summed E-state index contributed by atoms with van der Waals surface area (Å²) in [5, 5.41) is 2.81. The second kappa shape index (κ2) is 8.14. The summed E-state index contributed by atoms with van der Waals surface area (Å²) in [6, 6.07) is 10.8. The van der Waals surface area contributed by atoms with Crippen molar-refractivity contribution in [2.75, 3.05) is 18.1 Å². The number of benzene rings is 2. The highest BCUT2D eigenvalue weighted by molar-refractivity contribution is 5.96. The largest absolute Gasteiger partial charge is 0.447 e. The minimum absolute atomic E-state index is 0.124. The van der Waals surface area contributed by atoms with Crippen LogP contribution in [0.25, 0.3) is 0 Å². The van der Waals surface area contributed by atoms with Crippen LogP contribution in [0.15, 0.2) is 48.5 Å². The van der Waals surface area contributed by atoms with Crippen LogP contribution in [0.2, 0.25) is 0 Å². The van der Waals surface area contributed by atoms with Gasteiger partial charge in [0.2, 0.25) is 0 Å². The van der Waals surface area contributed by atoms with Crippen molar-refractivity contribution >= 4 is 17.7 Å². The van der Waals surface area contributed by atoms with Crippen LogP contribution in [0.5, 0.6) is 0 Å². The Morgan fingerprint density at radius 1 is 1.14 bits per heavy atom. The molecule has 0 radical (unpaired) electrons. The molecule has 29 heavy (non-hydrogen) atoms. The molecule has 1 atom stereocenters. The van der Waals surface area contributed by atoms with Gasteiger partial charge in [0.1, 0.15) is 6.61 Å². The summed E-state index contributed by atoms with van der Waals surface area (Å²) < 4.78 is 44.0. The first-order valence-corrected chi connectivity index (χ1v) is 9.19. The number of hydrogen-bond acceptors (Lipinski definition) is 3. The molecule has 0 aromatic heterocycles. The number of ether oxygens (including phenoxy) is 1. The zero-order chi connectivity index (χ0) is 21.2. The molecule has 1 aliphatic rings. The highest BCUT2D eigenvalue weighted by atomic mass is 19.4. The van der Waals surface area contributed by atoms with Crippen LogP contribution in [0.1, 0.15) is 41.4 Å². The number of amides is 2. The van der Waals surface area contributed by atoms with E-state index in [1.54, 1.807) is 30.3 Å². The molecular formula is C21H21F3N2O3. The van der Waals surface area contributed by atoms with Gasteiger partial charge in [-0.1, -0.05) is 26.0 Å². The zero-order valence-electron chi connectivity index (χ0n) is 16.0. The number of nitrogens with one attached hydrogen (secondary N) is 1. The van der Waals surface area contributed by atoms with Crippen molar-refractivity contribution < 1.29 is 27.5 Å². The lowest BCUT2D eigenvalue weighted by atomic mass is 9.94. The molecule has 2 aromatic carbocycles. The minimum atomic E-state index is -4.45. The molecule has 0 saturated carbocycles. The fourth-order valence-corrected chi connectivity index (χ4v) is 3.19. The Labute approximate surface area is 166 Å². The molecule has 5 nitrogen and oxygen atoms in total. The Kier molecular flexibility index (Phi) is 5.81. The molecule has 0 bridgehead atoms. The van der Waals surface area contributed by atoms with E-state index in [4.69, 9.17) is 4.74 Å². The summed E-state index contributed by atoms with van der Waals surface area (Å²) in [6.45, 7) is 4.41. The van der Waals surface area contributed by atoms with Gasteiger partial charge in [0.05, 0.1) is 18.2 Å². The van der Waals surface area contributed by atoms with Crippen molar-refractivity contribution in [2.45, 2.75) is 26.1 Å². The Bertz CT molecular complexity index is 895. The smallest absolute Gasteiger partial charge is 0.416 e. The van der Waals surface area contributed by atoms with Gasteiger partial charge in [-0.15, -0.1) is 0 Å². The fourth-order valence-electron chi connectivity index (χ4n) is 3.19. The van der Waals surface area contributed by atoms with Crippen LogP contribution in [0.3, 0.4) is 0 Å². The van der Waals surface area contributed by atoms with Gasteiger partial charge < -0.3 is 10.1 Å². The monoisotopic (exact) mass is 406 g/mol. The van der Waals surface area contributed by atoms with Crippen molar-refractivity contribution in [1.29, 1.82) is 0 Å². The normalized spacial score (nSPS) is 15.4. The molecule has 0 spiro atoms. The molecule has 1 N–H and O–H groups in total. The lowest BCUT2D eigenvalue weighted by Crippen LogP contribution is -2.32. The van der Waals surface area contributed by atoms with Crippen LogP contribution in [0, 0.1) is 5.92 Å². The van der Waals surface area contributed by atoms with E-state index in [9.17, 15) is 22.8 Å². The van der Waals surface area contributed by atoms with Gasteiger partial charge in [0.25, 0.3) is 5.91 Å². The van der Waals surface area contributed by atoms with Crippen molar-refractivity contribution in [3.05, 3.63) is 65.2 Å². The molecule has 1 aliphatic heterocycles. The van der Waals surface area contributed by atoms with E-state index in [1.165, 1.54) is 11.0 Å². The second-order valence-corrected chi connectivity index (χ2v) is 7.13. The Morgan fingerprint density at radius 2 is 1.83 bits per heavy atom. The standard InChI is InChI=1S/C21H21F3N2O3/c1-13(2)18(15-4-3-5-16(12-15)21(22,23)24)25-19(27)14-6-8-17(9-7-14)26-10-11-29-20(26)28/h3-9,12-13,18H,10-11H2,1-2H3,(H,25,27). The molecule has 2 aromatic rings. The molecular weight excluding hydrogens is 385 g/mol. The van der Waals surface area contributed by atoms with E-state index in [1.807, 2.05) is 13.8 Å². The van der Waals surface area contributed by atoms with Crippen LogP contribution < -0.4 is 10.2 Å². The number of cyclic esters (lactones) is 1. The van der Waals surface area contributed by atoms with Crippen molar-refractivity contribution in [3.63, 3.8) is 0 Å². The first-order valence-electron chi connectivity index (χ1n) is 9.19. The summed E-state index contributed by atoms with van der Waals surface area (Å²) in [6.07, 6.45) is -4.89. The van der Waals surface area contributed by atoms with Crippen LogP contribution in [0.4, 0.5) is 23.7 Å². The van der Waals surface area contributed by atoms with Crippen LogP contribution >= 0.6 is 0 Å². The summed E-state index contributed by atoms with van der Waals surface area (Å²) in [4.78, 5) is 25.7. The van der Waals surface area contributed by atoms with Gasteiger partial charge in [-0.05, 0) is 47.9 Å². The Hall–Kier alpha value is -3.03. The van der Waals surface area contributed by atoms with Crippen molar-refractivity contribution in [2.24, 2.45) is 5.92 Å². The van der Waals surface area contributed by atoms with E-state index in [2.05, 4.69) is 5.32 Å². The molecule has 0 aliphatic carbocycles. The first-order chi connectivity index (χ1) is 13.7. The number of alkyl halides is 3. The maximum Gasteiger partial charge on any atom is 0.416 e. The molecule has 8 heteroatoms. The van der Waals surface area contributed by atoms with E-state index in [0.717, 1.165) is 12.1 Å². The summed E-state index contributed by atoms with van der Waals surface area (Å²) in [5.41, 5.74) is 0.595. The molecule has 1 fully saturated rings. The van der Waals surface area contributed by atoms with Gasteiger partial charge in [0, 0.05) is 11.3 Å². The number of rotatable bonds is 5. The van der Waals surface area contributed by atoms with Gasteiger partial charge in [0.15, 0.2) is 0 Å². The molecule has 1 unspecified atom stereocenters. The fraction of sp³-hybridized carbons (Fsp3) is 0.333. The highest BCUT2D eigenvalue weighted by Crippen LogP contribution is 2.32. The summed E-state index contributed by atoms with van der Waals surface area (Å²) in [5.74, 6) is -0.530. The number of nitrogens with zero attached hydrogens (tertiary/aromatic N) is 1. The van der Waals surface area contributed by atoms with E-state index >= 15 is 0 Å². The summed E-state index contributed by atoms with van der Waals surface area (Å²) >= 11 is 0. The predicted octanol–water partition coefficient (Wildman–Crippen LogP) is 4.79. The Balaban J connectivity index is 1.77. The average molecular weight is 406 g/mol. The highest BCUT2D eigenvalue weighted by Gasteiger charge is 2.31. The SMILES string of the molecule is CC(C)C(NC(=O)c1ccc(N2CCOC2=O)cc1)c1cccc(C(F)(F)F)c1. The number of hydrogen-bond donors (Lipinski definition) is 1. The zero-order valence-corrected chi connectivity index (χ0v) is 16.0. The Morgan fingerprint density at radius 3 is 2.38 bits per heavy atom. The molecule has 1 saturated heterocycles. The third-order valence-electron chi connectivity index (χ3n) is 4.73. The maximum atomic E-state index is 13.0. The molecule has 3 rings (SSSR count). The van der Waals surface area contributed by atoms with Crippen molar-refractivity contribution in [3.8, 4) is 0 Å². The van der Waals surface area contributed by atoms with Crippen molar-refractivity contribution in [1.82, 2.24) is 5.32 Å². The summed E-state index contributed by atoms with van der Waals surface area (Å²) in [7, 11) is 0. The number of halogens is 3. The maximum absolute atomic E-state index is 13.0. The topological polar surface area (TPSA) is 58.6 Å². The van der Waals surface area contributed by atoms with Gasteiger partial charge in [-0.25, -0.2) is 4.79 Å². The molecule has 2 amide bonds. The third-order valence-corrected chi connectivity index (χ3v) is 4.73. The molecule has 1 heterocycles. The van der Waals surface area contributed by atoms with Crippen LogP contribution in [-0.2, 0) is 10.9 Å². The average Bonchev–Trinajstić information content (AvgIpc) is 3.11. The van der Waals surface area contributed by atoms with Crippen LogP contribution in [-0.4, -0.2) is 25.2 Å². The van der Waals surface area contributed by atoms with Gasteiger partial charge in [-0.2, -0.15) is 13.2 Å². The lowest BCUT2D eigenvalue weighted by molar-refractivity contribution is -0.137. The lowest BCUT2D eigenvalue weighted by Gasteiger charge is -2.24. The minimum Gasteiger partial charge on any atom is -0.447 e. The van der Waals surface area contributed by atoms with E-state index in [0.29, 0.717) is 30.0 Å². The van der Waals surface area contributed by atoms with E-state index in [-0.39, 0.29) is 5.92 Å². The quantitative estimate of drug-likeness (QED) is 0.777. The predicted molar refractivity (Wildman–Crippen MR) is 102 cm³/mol. The number of carbonyl (C=O) groups is 2. The third kappa shape index (κ3) is 4.70. The number of carbonyl (C=O) groups excluding carboxylic acids is 2. The first kappa shape index (κ1) is 20.7. The van der Waals surface area contributed by atoms with Gasteiger partial charge in [-0.3, -0.25) is 9.69 Å². The van der Waals surface area contributed by atoms with Gasteiger partial charge >= 0.3 is 12.3 Å². The second-order valence-electron chi connectivity index (χ2n) is 7.13.